The number of hydrogen-bond acceptors (Lipinski definition) is 5. The number of nitrogens with zero attached hydrogens (tertiary/aromatic N) is 1. The molecule has 1 atom stereocenters. The molecule has 0 radical (unpaired) electrons. The first-order valence-electron chi connectivity index (χ1n) is 8.51. The van der Waals surface area contributed by atoms with Crippen molar-refractivity contribution in [1.82, 2.24) is 5.32 Å². The second-order valence-corrected chi connectivity index (χ2v) is 11.3. The van der Waals surface area contributed by atoms with Gasteiger partial charge < -0.3 is 23.1 Å². The third kappa shape index (κ3) is 10.7. The largest absolute Gasteiger partial charge is 0.500 e. The Morgan fingerprint density at radius 1 is 1.12 bits per heavy atom. The lowest BCUT2D eigenvalue weighted by molar-refractivity contribution is -0.870. The minimum Gasteiger partial charge on any atom is -0.377 e. The maximum absolute atomic E-state index is 12.0. The van der Waals surface area contributed by atoms with Crippen LogP contribution in [-0.4, -0.2) is 86.3 Å². The molecule has 0 saturated carbocycles. The normalized spacial score (nSPS) is 13.8. The number of rotatable bonds is 14. The summed E-state index contributed by atoms with van der Waals surface area (Å²) in [6.07, 6.45) is 1.97. The van der Waals surface area contributed by atoms with Gasteiger partial charge in [-0.25, -0.2) is 0 Å². The molecule has 0 heterocycles. The molecule has 0 fully saturated rings. The maximum atomic E-state index is 12.0. The molecular weight excluding hydrogens is 344 g/mol. The van der Waals surface area contributed by atoms with E-state index in [0.717, 1.165) is 48.0 Å². The highest BCUT2D eigenvalue weighted by atomic mass is 32.2. The molecule has 1 unspecified atom stereocenters. The van der Waals surface area contributed by atoms with Gasteiger partial charge in [0.1, 0.15) is 0 Å². The van der Waals surface area contributed by atoms with Crippen molar-refractivity contribution in [3.8, 4) is 0 Å². The van der Waals surface area contributed by atoms with E-state index < -0.39 is 8.80 Å². The number of carbonyl (C=O) groups is 1. The van der Waals surface area contributed by atoms with E-state index in [4.69, 9.17) is 13.3 Å². The van der Waals surface area contributed by atoms with Crippen LogP contribution in [0.4, 0.5) is 0 Å². The smallest absolute Gasteiger partial charge is 0.377 e. The van der Waals surface area contributed by atoms with Gasteiger partial charge in [-0.15, -0.1) is 0 Å². The third-order valence-corrected chi connectivity index (χ3v) is 7.97. The lowest BCUT2D eigenvalue weighted by Crippen LogP contribution is -2.42. The van der Waals surface area contributed by atoms with Gasteiger partial charge in [0.25, 0.3) is 0 Å². The molecule has 0 aromatic rings. The quantitative estimate of drug-likeness (QED) is 0.283. The van der Waals surface area contributed by atoms with Crippen molar-refractivity contribution in [3.63, 3.8) is 0 Å². The van der Waals surface area contributed by atoms with Crippen LogP contribution >= 0.6 is 11.8 Å². The van der Waals surface area contributed by atoms with Crippen LogP contribution in [0.1, 0.15) is 19.8 Å². The van der Waals surface area contributed by atoms with Crippen LogP contribution in [0, 0.1) is 5.92 Å². The first kappa shape index (κ1) is 23.9. The Morgan fingerprint density at radius 3 is 2.21 bits per heavy atom. The lowest BCUT2D eigenvalue weighted by atomic mass is 10.2. The molecule has 144 valence electrons. The second-order valence-electron chi connectivity index (χ2n) is 7.03. The number of amides is 1. The van der Waals surface area contributed by atoms with E-state index in [1.807, 2.05) is 6.92 Å². The minimum atomic E-state index is -2.45. The van der Waals surface area contributed by atoms with Gasteiger partial charge in [-0.3, -0.25) is 4.79 Å². The van der Waals surface area contributed by atoms with Crippen LogP contribution in [0.15, 0.2) is 0 Å². The summed E-state index contributed by atoms with van der Waals surface area (Å²) < 4.78 is 17.1. The summed E-state index contributed by atoms with van der Waals surface area (Å²) in [4.78, 5) is 12.0. The van der Waals surface area contributed by atoms with Crippen LogP contribution in [0.25, 0.3) is 0 Å². The monoisotopic (exact) mass is 381 g/mol. The maximum Gasteiger partial charge on any atom is 0.500 e. The number of quaternary nitrogens is 1. The highest BCUT2D eigenvalue weighted by Crippen LogP contribution is 2.18. The van der Waals surface area contributed by atoms with Gasteiger partial charge in [-0.05, 0) is 12.2 Å². The van der Waals surface area contributed by atoms with Crippen LogP contribution in [0.5, 0.6) is 0 Å². The first-order chi connectivity index (χ1) is 11.2. The molecule has 24 heavy (non-hydrogen) atoms. The molecule has 0 saturated heterocycles. The summed E-state index contributed by atoms with van der Waals surface area (Å²) in [7, 11) is 8.95. The van der Waals surface area contributed by atoms with Gasteiger partial charge in [-0.2, -0.15) is 11.8 Å². The van der Waals surface area contributed by atoms with Crippen LogP contribution in [0.2, 0.25) is 6.04 Å². The Labute approximate surface area is 153 Å². The summed E-state index contributed by atoms with van der Waals surface area (Å²) in [5.41, 5.74) is 0. The molecule has 0 aliphatic heterocycles. The molecule has 0 spiro atoms. The van der Waals surface area contributed by atoms with Crippen molar-refractivity contribution >= 4 is 26.5 Å². The summed E-state index contributed by atoms with van der Waals surface area (Å²) in [6, 6.07) is 0.801. The highest BCUT2D eigenvalue weighted by molar-refractivity contribution is 7.99. The molecule has 0 aromatic carbocycles. The van der Waals surface area contributed by atoms with E-state index in [1.54, 1.807) is 33.1 Å². The summed E-state index contributed by atoms with van der Waals surface area (Å²) in [5.74, 6) is 2.00. The van der Waals surface area contributed by atoms with Crippen molar-refractivity contribution in [2.24, 2.45) is 5.92 Å². The van der Waals surface area contributed by atoms with Crippen molar-refractivity contribution in [2.45, 2.75) is 25.8 Å². The van der Waals surface area contributed by atoms with Crippen LogP contribution in [0.3, 0.4) is 0 Å². The van der Waals surface area contributed by atoms with E-state index in [0.29, 0.717) is 0 Å². The van der Waals surface area contributed by atoms with Gasteiger partial charge >= 0.3 is 8.80 Å². The topological polar surface area (TPSA) is 56.8 Å². The third-order valence-electron chi connectivity index (χ3n) is 3.83. The minimum absolute atomic E-state index is 0.0356. The van der Waals surface area contributed by atoms with Gasteiger partial charge in [0.05, 0.1) is 27.7 Å². The molecule has 0 aliphatic carbocycles. The predicted octanol–water partition coefficient (Wildman–Crippen LogP) is 1.84. The average Bonchev–Trinajstić information content (AvgIpc) is 2.54. The van der Waals surface area contributed by atoms with E-state index in [-0.39, 0.29) is 11.8 Å². The summed E-state index contributed by atoms with van der Waals surface area (Å²) >= 11 is 1.80. The first-order valence-corrected chi connectivity index (χ1v) is 11.6. The fraction of sp³-hybridized carbons (Fsp3) is 0.938. The molecule has 6 nitrogen and oxygen atoms in total. The molecule has 0 aliphatic rings. The van der Waals surface area contributed by atoms with Crippen molar-refractivity contribution in [3.05, 3.63) is 0 Å². The van der Waals surface area contributed by atoms with Crippen LogP contribution < -0.4 is 5.32 Å². The fourth-order valence-corrected chi connectivity index (χ4v) is 5.22. The molecule has 1 amide bonds. The highest BCUT2D eigenvalue weighted by Gasteiger charge is 2.36. The Morgan fingerprint density at radius 2 is 1.71 bits per heavy atom. The Hall–Kier alpha value is -0.123. The van der Waals surface area contributed by atoms with Crippen molar-refractivity contribution < 1.29 is 22.6 Å². The standard InChI is InChI=1S/C16H36N2O4SSi/c1-15(16(19)17-10-8-11-18(2,3)4)14-23-12-9-13-24(20-5,21-6)22-7/h15H,8-14H2,1-7H3/p+1. The number of carbonyl (C=O) groups excluding carboxylic acids is 1. The second kappa shape index (κ2) is 12.3. The Bertz CT molecular complexity index is 341. The number of thioether (sulfide) groups is 1. The summed E-state index contributed by atoms with van der Waals surface area (Å²) in [6.45, 7) is 3.81. The van der Waals surface area contributed by atoms with Gasteiger partial charge in [-0.1, -0.05) is 6.92 Å². The fourth-order valence-electron chi connectivity index (χ4n) is 2.22. The zero-order valence-corrected chi connectivity index (χ0v) is 18.3. The zero-order valence-electron chi connectivity index (χ0n) is 16.5. The number of hydrogen-bond donors (Lipinski definition) is 1. The van der Waals surface area contributed by atoms with Gasteiger partial charge in [0.15, 0.2) is 0 Å². The molecule has 1 N–H and O–H groups in total. The molecular formula is C16H37N2O4SSi+. The van der Waals surface area contributed by atoms with Crippen molar-refractivity contribution in [2.75, 3.05) is 67.1 Å². The van der Waals surface area contributed by atoms with Gasteiger partial charge in [0.2, 0.25) is 5.91 Å². The van der Waals surface area contributed by atoms with Gasteiger partial charge in [0, 0.05) is 52.0 Å². The van der Waals surface area contributed by atoms with Crippen LogP contribution in [-0.2, 0) is 18.1 Å². The van der Waals surface area contributed by atoms with Crippen molar-refractivity contribution in [1.29, 1.82) is 0 Å². The number of nitrogens with one attached hydrogen (secondary N) is 1. The van der Waals surface area contributed by atoms with E-state index >= 15 is 0 Å². The predicted molar refractivity (Wildman–Crippen MR) is 103 cm³/mol. The van der Waals surface area contributed by atoms with E-state index in [2.05, 4.69) is 26.5 Å². The Balaban J connectivity index is 3.81. The molecule has 0 rings (SSSR count). The molecule has 8 heteroatoms. The average molecular weight is 382 g/mol. The lowest BCUT2D eigenvalue weighted by Gasteiger charge is -2.24. The molecule has 0 bridgehead atoms. The Kier molecular flexibility index (Phi) is 12.2. The SMILES string of the molecule is CO[Si](CCCSCC(C)C(=O)NCCC[N+](C)(C)C)(OC)OC. The van der Waals surface area contributed by atoms with E-state index in [9.17, 15) is 4.79 Å². The zero-order chi connectivity index (χ0) is 18.6. The molecule has 0 aromatic heterocycles. The summed E-state index contributed by atoms with van der Waals surface area (Å²) in [5, 5.41) is 3.03. The van der Waals surface area contributed by atoms with E-state index in [1.165, 1.54) is 0 Å².